The van der Waals surface area contributed by atoms with E-state index in [1.165, 1.54) is 0 Å². The van der Waals surface area contributed by atoms with E-state index in [2.05, 4.69) is 41.2 Å². The van der Waals surface area contributed by atoms with Gasteiger partial charge in [-0.05, 0) is 94.0 Å². The number of fused-ring (bicyclic) bond motifs is 4. The highest BCUT2D eigenvalue weighted by Gasteiger charge is 2.21. The topological polar surface area (TPSA) is 45.1 Å². The van der Waals surface area contributed by atoms with Gasteiger partial charge < -0.3 is 9.47 Å². The van der Waals surface area contributed by atoms with E-state index in [0.29, 0.717) is 45.5 Å². The van der Waals surface area contributed by atoms with Gasteiger partial charge in [0.2, 0.25) is 0 Å². The number of imidazole rings is 1. The van der Waals surface area contributed by atoms with Crippen LogP contribution in [0.15, 0.2) is 243 Å². The predicted octanol–water partition coefficient (Wildman–Crippen LogP) is 14.8. The van der Waals surface area contributed by atoms with Gasteiger partial charge in [-0.15, -0.1) is 0 Å². The van der Waals surface area contributed by atoms with E-state index in [4.69, 9.17) is 28.2 Å². The zero-order valence-corrected chi connectivity index (χ0v) is 34.9. The predicted molar refractivity (Wildman–Crippen MR) is 265 cm³/mol. The first-order valence-corrected chi connectivity index (χ1v) is 21.2. The largest absolute Gasteiger partial charge is 0.458 e. The maximum Gasteiger partial charge on any atom is 0.269 e. The summed E-state index contributed by atoms with van der Waals surface area (Å²) >= 11 is 0. The number of para-hydroxylation sites is 4. The third-order valence-corrected chi connectivity index (χ3v) is 11.4. The first-order valence-electron chi connectivity index (χ1n) is 26.2. The van der Waals surface area contributed by atoms with Crippen molar-refractivity contribution in [3.63, 3.8) is 0 Å². The molecule has 3 heterocycles. The molecule has 0 bridgehead atoms. The van der Waals surface area contributed by atoms with Crippen LogP contribution in [0.4, 0.5) is 0 Å². The molecule has 3 aromatic heterocycles. The molecule has 6 heteroatoms. The minimum Gasteiger partial charge on any atom is -0.458 e. The first-order chi connectivity index (χ1) is 36.9. The van der Waals surface area contributed by atoms with Gasteiger partial charge in [0.25, 0.3) is 6.33 Å². The van der Waals surface area contributed by atoms with Crippen LogP contribution in [0.1, 0.15) is 13.7 Å². The Hall–Kier alpha value is -9.00. The zero-order chi connectivity index (χ0) is 52.5. The Kier molecular flexibility index (Phi) is 7.39. The lowest BCUT2D eigenvalue weighted by atomic mass is 9.95. The lowest BCUT2D eigenvalue weighted by Gasteiger charge is -2.17. The van der Waals surface area contributed by atoms with Gasteiger partial charge >= 0.3 is 0 Å². The second-order valence-corrected chi connectivity index (χ2v) is 15.4. The van der Waals surface area contributed by atoms with Crippen molar-refractivity contribution in [3.05, 3.63) is 249 Å². The normalized spacial score (nSPS) is 13.5. The fourth-order valence-corrected chi connectivity index (χ4v) is 8.53. The van der Waals surface area contributed by atoms with Crippen molar-refractivity contribution in [1.29, 1.82) is 0 Å². The molecule has 0 saturated heterocycles. The lowest BCUT2D eigenvalue weighted by Crippen LogP contribution is -2.31. The molecular formula is C60H40N4O2. The highest BCUT2D eigenvalue weighted by Crippen LogP contribution is 2.39. The van der Waals surface area contributed by atoms with Crippen LogP contribution in [0, 0.1) is 6.33 Å². The van der Waals surface area contributed by atoms with Crippen LogP contribution in [0.25, 0.3) is 83.4 Å². The van der Waals surface area contributed by atoms with Crippen LogP contribution in [-0.4, -0.2) is 14.1 Å². The highest BCUT2D eigenvalue weighted by molar-refractivity contribution is 6.10. The van der Waals surface area contributed by atoms with E-state index in [-0.39, 0.29) is 27.9 Å². The van der Waals surface area contributed by atoms with Gasteiger partial charge in [-0.3, -0.25) is 13.7 Å². The molecular weight excluding hydrogens is 809 g/mol. The summed E-state index contributed by atoms with van der Waals surface area (Å²) < 4.78 is 106. The summed E-state index contributed by atoms with van der Waals surface area (Å²) in [5.74, 6) is 2.99. The number of rotatable bonds is 10. The Balaban J connectivity index is 1.00. The third kappa shape index (κ3) is 7.13. The Bertz CT molecular complexity index is 4170. The first kappa shape index (κ1) is 29.4. The molecule has 9 aromatic carbocycles. The second kappa shape index (κ2) is 16.6. The number of benzene rings is 9. The lowest BCUT2D eigenvalue weighted by molar-refractivity contribution is -0.571. The van der Waals surface area contributed by atoms with Crippen molar-refractivity contribution in [2.24, 2.45) is 0 Å². The van der Waals surface area contributed by atoms with Crippen molar-refractivity contribution in [2.75, 3.05) is 0 Å². The van der Waals surface area contributed by atoms with Gasteiger partial charge in [-0.2, -0.15) is 0 Å². The standard InChI is InChI=1S/C60H40N4O2/c1-5-17-42(18-6-1)45-31-34-55-54(37-45)53-33-32-49(39-58(53)64(55)59-40-50(35-36-61-59)65-47-24-11-4-12-25-47)66-48-26-15-23-46(38-48)62-41-63(57-30-14-13-29-56(57)62)60-51(43-19-7-2-8-20-43)27-16-28-52(60)44-21-9-3-10-22-44/h1-40H/i2D,3D,7D,8D,9D,10D,19D,20D,21D,22D. The molecule has 312 valence electrons. The van der Waals surface area contributed by atoms with Crippen LogP contribution >= 0.6 is 0 Å². The Morgan fingerprint density at radius 3 is 1.88 bits per heavy atom. The summed E-state index contributed by atoms with van der Waals surface area (Å²) in [5.41, 5.74) is 5.92. The van der Waals surface area contributed by atoms with Crippen molar-refractivity contribution < 1.29 is 27.7 Å². The molecule has 12 rings (SSSR count). The van der Waals surface area contributed by atoms with Gasteiger partial charge in [0.1, 0.15) is 28.8 Å². The number of hydrogen-bond donors (Lipinski definition) is 0. The highest BCUT2D eigenvalue weighted by atomic mass is 16.5. The zero-order valence-electron chi connectivity index (χ0n) is 44.9. The third-order valence-electron chi connectivity index (χ3n) is 11.4. The maximum atomic E-state index is 9.04. The fraction of sp³-hybridized carbons (Fsp3) is 0. The fourth-order valence-electron chi connectivity index (χ4n) is 8.53. The average Bonchev–Trinajstić information content (AvgIpc) is 4.13. The molecule has 0 aliphatic heterocycles. The van der Waals surface area contributed by atoms with Crippen molar-refractivity contribution in [3.8, 4) is 73.6 Å². The average molecular weight is 859 g/mol. The Morgan fingerprint density at radius 2 is 1.11 bits per heavy atom. The summed E-state index contributed by atoms with van der Waals surface area (Å²) in [4.78, 5) is 4.84. The van der Waals surface area contributed by atoms with Crippen LogP contribution in [0.3, 0.4) is 0 Å². The van der Waals surface area contributed by atoms with Crippen LogP contribution < -0.4 is 14.0 Å². The number of nitrogens with zero attached hydrogens (tertiary/aromatic N) is 4. The molecule has 66 heavy (non-hydrogen) atoms. The van der Waals surface area contributed by atoms with E-state index in [9.17, 15) is 0 Å². The molecule has 0 aliphatic carbocycles. The minimum atomic E-state index is -0.573. The van der Waals surface area contributed by atoms with Crippen LogP contribution in [0.2, 0.25) is 0 Å². The van der Waals surface area contributed by atoms with Crippen molar-refractivity contribution in [2.45, 2.75) is 0 Å². The molecule has 0 spiro atoms. The number of hydrogen-bond acceptors (Lipinski definition) is 3. The molecule has 0 atom stereocenters. The number of aromatic nitrogens is 4. The van der Waals surface area contributed by atoms with Gasteiger partial charge in [0.05, 0.1) is 47.1 Å². The molecule has 0 saturated carbocycles. The SMILES string of the molecule is [2H]c1c([2H])c([2H])c(-c2cccc(-c3c([2H])c([2H])c([2H])c([2H])c3[2H])c2-[n+]2[c-]n(-c3cccc(Oc4ccc5c6cc(-c7ccccc7)ccc6n(-c6cc(Oc7ccccc7)ccn6)c5c4)c3)c3ccccc32)c([2H])c1[2H]. The quantitative estimate of drug-likeness (QED) is 0.102. The molecule has 12 aromatic rings. The molecule has 0 N–H and O–H groups in total. The van der Waals surface area contributed by atoms with Gasteiger partial charge in [0, 0.05) is 29.1 Å². The van der Waals surface area contributed by atoms with E-state index >= 15 is 0 Å². The maximum absolute atomic E-state index is 9.04. The van der Waals surface area contributed by atoms with Crippen LogP contribution in [-0.2, 0) is 0 Å². The second-order valence-electron chi connectivity index (χ2n) is 15.4. The molecule has 0 radical (unpaired) electrons. The van der Waals surface area contributed by atoms with E-state index in [1.54, 1.807) is 33.5 Å². The summed E-state index contributed by atoms with van der Waals surface area (Å²) in [7, 11) is 0. The number of ether oxygens (including phenoxy) is 2. The Morgan fingerprint density at radius 1 is 0.455 bits per heavy atom. The van der Waals surface area contributed by atoms with E-state index in [0.717, 1.165) is 32.9 Å². The molecule has 0 fully saturated rings. The monoisotopic (exact) mass is 858 g/mol. The minimum absolute atomic E-state index is 0.139. The molecule has 6 nitrogen and oxygen atoms in total. The van der Waals surface area contributed by atoms with E-state index in [1.807, 2.05) is 127 Å². The summed E-state index contributed by atoms with van der Waals surface area (Å²) in [6.07, 6.45) is 5.17. The summed E-state index contributed by atoms with van der Waals surface area (Å²) in [6.45, 7) is 0. The molecule has 0 amide bonds. The summed E-state index contributed by atoms with van der Waals surface area (Å²) in [5, 5.41) is 2.00. The van der Waals surface area contributed by atoms with Gasteiger partial charge in [-0.1, -0.05) is 164 Å². The van der Waals surface area contributed by atoms with E-state index < -0.39 is 60.4 Å². The molecule has 0 unspecified atom stereocenters. The van der Waals surface area contributed by atoms with Crippen molar-refractivity contribution >= 4 is 32.8 Å². The number of pyridine rings is 1. The summed E-state index contributed by atoms with van der Waals surface area (Å²) in [6, 6.07) is 50.2. The molecule has 0 aliphatic rings. The van der Waals surface area contributed by atoms with Crippen LogP contribution in [0.5, 0.6) is 23.0 Å². The Labute approximate surface area is 396 Å². The van der Waals surface area contributed by atoms with Gasteiger partial charge in [0.15, 0.2) is 0 Å². The van der Waals surface area contributed by atoms with Gasteiger partial charge in [-0.25, -0.2) is 4.98 Å². The van der Waals surface area contributed by atoms with Crippen molar-refractivity contribution in [1.82, 2.24) is 14.1 Å². The smallest absolute Gasteiger partial charge is 0.269 e.